The molecule has 0 unspecified atom stereocenters. The van der Waals surface area contributed by atoms with Gasteiger partial charge < -0.3 is 10.5 Å². The summed E-state index contributed by atoms with van der Waals surface area (Å²) in [7, 11) is 0. The molecule has 2 aromatic rings. The maximum Gasteiger partial charge on any atom is 0.338 e. The normalized spacial score (nSPS) is 10.7. The van der Waals surface area contributed by atoms with E-state index in [-0.39, 0.29) is 19.9 Å². The van der Waals surface area contributed by atoms with Crippen molar-refractivity contribution in [1.29, 1.82) is 0 Å². The molecule has 0 aliphatic carbocycles. The maximum absolute atomic E-state index is 12.2. The van der Waals surface area contributed by atoms with E-state index in [1.165, 1.54) is 4.57 Å². The molecule has 140 valence electrons. The van der Waals surface area contributed by atoms with Gasteiger partial charge in [0.15, 0.2) is 0 Å². The van der Waals surface area contributed by atoms with Crippen LogP contribution in [0.5, 0.6) is 0 Å². The van der Waals surface area contributed by atoms with E-state index in [1.807, 2.05) is 37.3 Å². The lowest BCUT2D eigenvalue weighted by Gasteiger charge is -2.17. The van der Waals surface area contributed by atoms with Gasteiger partial charge in [0, 0.05) is 17.7 Å². The molecule has 0 bridgehead atoms. The Morgan fingerprint density at radius 3 is 2.62 bits per heavy atom. The number of hydrogen-bond acceptors (Lipinski definition) is 5. The number of rotatable bonds is 8. The number of nitrogens with zero attached hydrogens (tertiary/aromatic N) is 2. The second kappa shape index (κ2) is 8.97. The van der Waals surface area contributed by atoms with Crippen LogP contribution in [-0.4, -0.2) is 39.0 Å². The van der Waals surface area contributed by atoms with Gasteiger partial charge in [0.25, 0.3) is 5.56 Å². The summed E-state index contributed by atoms with van der Waals surface area (Å²) in [5.41, 5.74) is 5.96. The highest BCUT2D eigenvalue weighted by atomic mass is 16.5. The Bertz CT molecular complexity index is 860. The fourth-order valence-corrected chi connectivity index (χ4v) is 2.57. The number of H-pyrrole nitrogens is 1. The van der Waals surface area contributed by atoms with Gasteiger partial charge in [-0.3, -0.25) is 19.6 Å². The molecular formula is C17H22N4O5. The number of amides is 2. The number of hydrogen-bond donors (Lipinski definition) is 3. The van der Waals surface area contributed by atoms with Crippen LogP contribution in [0.25, 0.3) is 0 Å². The van der Waals surface area contributed by atoms with Crippen LogP contribution in [0.2, 0.25) is 0 Å². The number of nitrogens with one attached hydrogen (secondary N) is 1. The Morgan fingerprint density at radius 1 is 1.31 bits per heavy atom. The van der Waals surface area contributed by atoms with E-state index in [4.69, 9.17) is 10.5 Å². The summed E-state index contributed by atoms with van der Waals surface area (Å²) in [5, 5.41) is 9.53. The minimum Gasteiger partial charge on any atom is -0.359 e. The molecule has 0 fully saturated rings. The summed E-state index contributed by atoms with van der Waals surface area (Å²) >= 11 is 0. The van der Waals surface area contributed by atoms with Crippen LogP contribution in [0, 0.1) is 0 Å². The fourth-order valence-electron chi connectivity index (χ4n) is 2.57. The molecule has 0 saturated heterocycles. The Balaban J connectivity index is 2.25. The SMILES string of the molecule is CCc1c(Cc2ccccc2)n(COCCN(O)C(N)=O)c(=O)[nH]c1=O. The predicted octanol–water partition coefficient (Wildman–Crippen LogP) is 0.434. The highest BCUT2D eigenvalue weighted by Gasteiger charge is 2.14. The monoisotopic (exact) mass is 362 g/mol. The van der Waals surface area contributed by atoms with E-state index in [9.17, 15) is 19.6 Å². The summed E-state index contributed by atoms with van der Waals surface area (Å²) in [6.45, 7) is 1.54. The molecule has 0 atom stereocenters. The Morgan fingerprint density at radius 2 is 2.00 bits per heavy atom. The third kappa shape index (κ3) is 4.80. The zero-order valence-electron chi connectivity index (χ0n) is 14.5. The van der Waals surface area contributed by atoms with Gasteiger partial charge >= 0.3 is 11.7 Å². The van der Waals surface area contributed by atoms with Gasteiger partial charge in [-0.15, -0.1) is 0 Å². The molecule has 9 nitrogen and oxygen atoms in total. The number of carbonyl (C=O) groups excluding carboxylic acids is 1. The molecule has 0 radical (unpaired) electrons. The highest BCUT2D eigenvalue weighted by Crippen LogP contribution is 2.11. The van der Waals surface area contributed by atoms with Gasteiger partial charge in [-0.1, -0.05) is 37.3 Å². The van der Waals surface area contributed by atoms with Gasteiger partial charge in [-0.05, 0) is 12.0 Å². The number of aromatic nitrogens is 2. The standard InChI is InChI=1S/C17H22N4O5/c1-2-13-14(10-12-6-4-3-5-7-12)20(17(24)19-15(13)22)11-26-9-8-21(25)16(18)23/h3-7,25H,2,8-11H2,1H3,(H2,18,23)(H,19,22,24). The summed E-state index contributed by atoms with van der Waals surface area (Å²) in [5.74, 6) is 0. The van der Waals surface area contributed by atoms with Gasteiger partial charge in [-0.2, -0.15) is 0 Å². The second-order valence-corrected chi connectivity index (χ2v) is 5.63. The molecule has 0 spiro atoms. The highest BCUT2D eigenvalue weighted by molar-refractivity contribution is 5.70. The van der Waals surface area contributed by atoms with Crippen molar-refractivity contribution in [3.63, 3.8) is 0 Å². The molecule has 26 heavy (non-hydrogen) atoms. The second-order valence-electron chi connectivity index (χ2n) is 5.63. The van der Waals surface area contributed by atoms with Crippen molar-refractivity contribution in [2.75, 3.05) is 13.2 Å². The quantitative estimate of drug-likeness (QED) is 0.356. The molecule has 9 heteroatoms. The largest absolute Gasteiger partial charge is 0.359 e. The zero-order valence-corrected chi connectivity index (χ0v) is 14.5. The van der Waals surface area contributed by atoms with E-state index in [0.29, 0.717) is 29.2 Å². The lowest BCUT2D eigenvalue weighted by Crippen LogP contribution is -2.37. The minimum atomic E-state index is -0.993. The molecule has 0 saturated carbocycles. The number of aromatic amines is 1. The van der Waals surface area contributed by atoms with Crippen molar-refractivity contribution in [3.05, 3.63) is 68.0 Å². The molecule has 4 N–H and O–H groups in total. The summed E-state index contributed by atoms with van der Waals surface area (Å²) in [6, 6.07) is 8.48. The Labute approximate surface area is 149 Å². The number of primary amides is 1. The van der Waals surface area contributed by atoms with Crippen molar-refractivity contribution in [3.8, 4) is 0 Å². The molecule has 2 amide bonds. The molecule has 1 aromatic heterocycles. The lowest BCUT2D eigenvalue weighted by atomic mass is 10.0. The van der Waals surface area contributed by atoms with Crippen LogP contribution in [0.3, 0.4) is 0 Å². The van der Waals surface area contributed by atoms with E-state index in [2.05, 4.69) is 4.98 Å². The first-order valence-corrected chi connectivity index (χ1v) is 8.16. The first kappa shape index (κ1) is 19.4. The number of hydroxylamine groups is 2. The van der Waals surface area contributed by atoms with Crippen LogP contribution in [-0.2, 0) is 24.3 Å². The van der Waals surface area contributed by atoms with Gasteiger partial charge in [0.05, 0.1) is 13.2 Å². The van der Waals surface area contributed by atoms with Crippen molar-refractivity contribution in [2.45, 2.75) is 26.5 Å². The fraction of sp³-hybridized carbons (Fsp3) is 0.353. The molecule has 2 rings (SSSR count). The van der Waals surface area contributed by atoms with Crippen LogP contribution in [0.1, 0.15) is 23.7 Å². The van der Waals surface area contributed by atoms with E-state index in [1.54, 1.807) is 0 Å². The van der Waals surface area contributed by atoms with Crippen LogP contribution < -0.4 is 17.0 Å². The Kier molecular flexibility index (Phi) is 6.70. The van der Waals surface area contributed by atoms with Crippen molar-refractivity contribution in [1.82, 2.24) is 14.6 Å². The number of benzene rings is 1. The van der Waals surface area contributed by atoms with Gasteiger partial charge in [0.2, 0.25) is 0 Å². The van der Waals surface area contributed by atoms with Crippen molar-refractivity contribution in [2.24, 2.45) is 5.73 Å². The summed E-state index contributed by atoms with van der Waals surface area (Å²) < 4.78 is 6.72. The number of ether oxygens (including phenoxy) is 1. The van der Waals surface area contributed by atoms with Crippen molar-refractivity contribution < 1.29 is 14.7 Å². The third-order valence-electron chi connectivity index (χ3n) is 3.90. The van der Waals surface area contributed by atoms with Crippen LogP contribution >= 0.6 is 0 Å². The summed E-state index contributed by atoms with van der Waals surface area (Å²) in [6.07, 6.45) is 0.865. The predicted molar refractivity (Wildman–Crippen MR) is 94.0 cm³/mol. The topological polar surface area (TPSA) is 131 Å². The lowest BCUT2D eigenvalue weighted by molar-refractivity contribution is -0.0630. The summed E-state index contributed by atoms with van der Waals surface area (Å²) in [4.78, 5) is 37.4. The first-order chi connectivity index (χ1) is 12.4. The van der Waals surface area contributed by atoms with E-state index >= 15 is 0 Å². The number of urea groups is 1. The average molecular weight is 362 g/mol. The van der Waals surface area contributed by atoms with Crippen LogP contribution in [0.15, 0.2) is 39.9 Å². The molecule has 1 heterocycles. The minimum absolute atomic E-state index is 0.0305. The molecule has 0 aliphatic heterocycles. The number of nitrogens with two attached hydrogens (primary N) is 1. The van der Waals surface area contributed by atoms with Gasteiger partial charge in [0.1, 0.15) is 6.73 Å². The zero-order chi connectivity index (χ0) is 19.1. The smallest absolute Gasteiger partial charge is 0.338 e. The first-order valence-electron chi connectivity index (χ1n) is 8.16. The average Bonchev–Trinajstić information content (AvgIpc) is 2.61. The number of carbonyl (C=O) groups is 1. The van der Waals surface area contributed by atoms with E-state index < -0.39 is 17.3 Å². The van der Waals surface area contributed by atoms with Crippen LogP contribution in [0.4, 0.5) is 4.79 Å². The maximum atomic E-state index is 12.2. The van der Waals surface area contributed by atoms with Gasteiger partial charge in [-0.25, -0.2) is 14.7 Å². The third-order valence-corrected chi connectivity index (χ3v) is 3.90. The molecular weight excluding hydrogens is 340 g/mol. The van der Waals surface area contributed by atoms with Crippen molar-refractivity contribution >= 4 is 6.03 Å². The Hall–Kier alpha value is -2.91. The molecule has 1 aromatic carbocycles. The molecule has 0 aliphatic rings. The van der Waals surface area contributed by atoms with E-state index in [0.717, 1.165) is 5.56 Å².